The molecule has 0 aromatic heterocycles. The fourth-order valence-corrected chi connectivity index (χ4v) is 12.7. The van der Waals surface area contributed by atoms with Gasteiger partial charge >= 0.3 is 18.0 Å². The van der Waals surface area contributed by atoms with Gasteiger partial charge in [-0.1, -0.05) is 30.2 Å². The van der Waals surface area contributed by atoms with Crippen molar-refractivity contribution >= 4 is 88.4 Å². The number of hydroxylamine groups is 2. The number of nitrogens with one attached hydrogen (secondary N) is 2. The SMILES string of the molecule is C/C=C(\C)Cc1cc(OC)c(Cl)c(N(C)C(=O)C[C@H](OC(=O)[C@@H](C)N(C)C(=O)CCSC2CC(=O)N(CCC(=O)NCCOCCOCCOCCOCCOCCOCCOCCOCCOCCOCCOCCOCCC(=O)ON3C(=O)CCC3=O)C2=O)[C@]2(C)O[C@H]2[C@H](C)[C@@H]2C[C@](O)([C@@H](C)OC)NC(=O)O2)c1. The molecule has 0 radical (unpaired) electrons. The molecule has 624 valence electrons. The number of allylic oxidation sites excluding steroid dienone is 2. The molecule has 0 bridgehead atoms. The number of anilines is 1. The van der Waals surface area contributed by atoms with Crippen molar-refractivity contribution in [3.8, 4) is 5.75 Å². The van der Waals surface area contributed by atoms with Gasteiger partial charge in [-0.3, -0.25) is 43.8 Å². The Hall–Kier alpha value is -6.30. The predicted molar refractivity (Wildman–Crippen MR) is 395 cm³/mol. The molecule has 35 nitrogen and oxygen atoms in total. The number of rotatable bonds is 61. The molecule has 4 fully saturated rings. The van der Waals surface area contributed by atoms with Gasteiger partial charge in [0.1, 0.15) is 40.7 Å². The lowest BCUT2D eigenvalue weighted by Crippen LogP contribution is -2.63. The van der Waals surface area contributed by atoms with Crippen LogP contribution in [0.15, 0.2) is 23.8 Å². The van der Waals surface area contributed by atoms with Crippen LogP contribution in [-0.2, 0) is 130 Å². The summed E-state index contributed by atoms with van der Waals surface area (Å²) in [6, 6.07) is 2.39. The van der Waals surface area contributed by atoms with Gasteiger partial charge in [0, 0.05) is 84.5 Å². The van der Waals surface area contributed by atoms with Crippen LogP contribution in [0.2, 0.25) is 5.02 Å². The maximum atomic E-state index is 14.4. The van der Waals surface area contributed by atoms with E-state index >= 15 is 0 Å². The predicted octanol–water partition coefficient (Wildman–Crippen LogP) is 2.94. The number of hydrogen-bond donors (Lipinski definition) is 3. The molecule has 1 aromatic rings. The van der Waals surface area contributed by atoms with Crippen LogP contribution in [-0.4, -0.2) is 332 Å². The molecule has 4 saturated heterocycles. The average molecular weight is 1610 g/mol. The number of ether oxygens (including phenoxy) is 17. The molecule has 8 amide bonds. The Kier molecular flexibility index (Phi) is 44.1. The van der Waals surface area contributed by atoms with E-state index in [4.69, 9.17) is 97.0 Å². The maximum Gasteiger partial charge on any atom is 0.409 e. The van der Waals surface area contributed by atoms with Crippen molar-refractivity contribution in [3.05, 3.63) is 34.4 Å². The molecule has 4 aliphatic rings. The highest BCUT2D eigenvalue weighted by Crippen LogP contribution is 2.49. The van der Waals surface area contributed by atoms with E-state index in [2.05, 4.69) is 10.6 Å². The van der Waals surface area contributed by atoms with Crippen molar-refractivity contribution in [1.29, 1.82) is 0 Å². The van der Waals surface area contributed by atoms with Gasteiger partial charge in [0.15, 0.2) is 5.72 Å². The van der Waals surface area contributed by atoms with Gasteiger partial charge < -0.3 is 106 Å². The second kappa shape index (κ2) is 51.4. The molecular formula is C73H115ClN6O29S. The summed E-state index contributed by atoms with van der Waals surface area (Å²) in [5.41, 5.74) is -0.865. The summed E-state index contributed by atoms with van der Waals surface area (Å²) in [7, 11) is 5.82. The number of halogens is 1. The molecule has 4 heterocycles. The Morgan fingerprint density at radius 1 is 0.700 bits per heavy atom. The van der Waals surface area contributed by atoms with Gasteiger partial charge in [-0.15, -0.1) is 16.8 Å². The lowest BCUT2D eigenvalue weighted by atomic mass is 9.84. The van der Waals surface area contributed by atoms with Gasteiger partial charge in [-0.25, -0.2) is 14.4 Å². The van der Waals surface area contributed by atoms with Gasteiger partial charge in [-0.2, -0.15) is 0 Å². The van der Waals surface area contributed by atoms with Crippen LogP contribution >= 0.6 is 23.4 Å². The zero-order valence-electron chi connectivity index (χ0n) is 65.2. The summed E-state index contributed by atoms with van der Waals surface area (Å²) in [6.07, 6.45) is -2.91. The maximum absolute atomic E-state index is 14.4. The van der Waals surface area contributed by atoms with E-state index in [9.17, 15) is 53.1 Å². The Morgan fingerprint density at radius 3 is 1.67 bits per heavy atom. The number of cyclic esters (lactones) is 1. The van der Waals surface area contributed by atoms with E-state index in [-0.39, 0.29) is 101 Å². The van der Waals surface area contributed by atoms with Crippen molar-refractivity contribution in [2.45, 2.75) is 146 Å². The number of amides is 8. The largest absolute Gasteiger partial charge is 0.495 e. The summed E-state index contributed by atoms with van der Waals surface area (Å²) in [5, 5.41) is 16.4. The number of epoxide rings is 1. The molecule has 1 unspecified atom stereocenters. The molecule has 37 heteroatoms. The first-order valence-electron chi connectivity index (χ1n) is 37.1. The van der Waals surface area contributed by atoms with E-state index in [0.29, 0.717) is 155 Å². The average Bonchev–Trinajstić information content (AvgIpc) is 1.57. The van der Waals surface area contributed by atoms with E-state index in [0.717, 1.165) is 27.8 Å². The zero-order chi connectivity index (χ0) is 80.4. The lowest BCUT2D eigenvalue weighted by Gasteiger charge is -2.41. The fourth-order valence-electron chi connectivity index (χ4n) is 11.3. The first-order chi connectivity index (χ1) is 52.8. The van der Waals surface area contributed by atoms with E-state index in [1.54, 1.807) is 32.9 Å². The van der Waals surface area contributed by atoms with Crippen LogP contribution in [0.5, 0.6) is 5.75 Å². The van der Waals surface area contributed by atoms with Crippen LogP contribution < -0.4 is 20.3 Å². The summed E-state index contributed by atoms with van der Waals surface area (Å²) in [4.78, 5) is 137. The first-order valence-corrected chi connectivity index (χ1v) is 38.6. The molecule has 9 atom stereocenters. The fraction of sp³-hybridized carbons (Fsp3) is 0.753. The summed E-state index contributed by atoms with van der Waals surface area (Å²) in [6.45, 7) is 19.1. The summed E-state index contributed by atoms with van der Waals surface area (Å²) >= 11 is 7.93. The molecule has 0 aliphatic carbocycles. The Morgan fingerprint density at radius 2 is 1.19 bits per heavy atom. The molecule has 1 aromatic carbocycles. The molecule has 110 heavy (non-hydrogen) atoms. The highest BCUT2D eigenvalue weighted by atomic mass is 35.5. The third kappa shape index (κ3) is 33.0. The smallest absolute Gasteiger partial charge is 0.409 e. The molecule has 3 N–H and O–H groups in total. The normalized spacial score (nSPS) is 20.3. The van der Waals surface area contributed by atoms with Crippen LogP contribution in [0.1, 0.15) is 98.5 Å². The van der Waals surface area contributed by atoms with Crippen LogP contribution in [0.25, 0.3) is 0 Å². The minimum Gasteiger partial charge on any atom is -0.495 e. The second-order valence-corrected chi connectivity index (χ2v) is 28.0. The van der Waals surface area contributed by atoms with Crippen LogP contribution in [0.4, 0.5) is 10.5 Å². The number of imide groups is 2. The number of nitrogens with zero attached hydrogens (tertiary/aromatic N) is 4. The standard InChI is InChI=1S/C73H115ClN6O29S/c1-11-50(2)44-54-45-55(67(74)56(46-54)93-10)78(8)64(85)48-59(72(6)68(108-72)51(3)57-49-73(91,53(5)92-9)76-71(90)106-57)107-70(89)52(4)77(7)61(82)16-43-110-58-47-65(86)79(69(58)88)18-14-60(81)75-17-20-95-22-24-97-26-28-99-30-32-101-34-36-103-38-40-105-42-41-104-39-37-102-35-33-100-31-29-98-27-25-96-23-21-94-19-15-66(87)109-80-62(83)12-13-63(80)84/h11,45-46,51-53,57-59,68,91H,12-44,47-49H2,1-10H3,(H,75,81)(H,76,90)/b50-11+/t51-,52-,53-,57+,58?,59+,68+,72+,73+/m1/s1. The quantitative estimate of drug-likeness (QED) is 0.0277. The number of carbonyl (C=O) groups excluding carboxylic acids is 10. The van der Waals surface area contributed by atoms with Crippen molar-refractivity contribution in [2.75, 3.05) is 211 Å². The number of carbonyl (C=O) groups is 10. The molecule has 0 saturated carbocycles. The van der Waals surface area contributed by atoms with Crippen molar-refractivity contribution in [3.63, 3.8) is 0 Å². The van der Waals surface area contributed by atoms with Crippen molar-refractivity contribution in [1.82, 2.24) is 25.5 Å². The van der Waals surface area contributed by atoms with Crippen LogP contribution in [0.3, 0.4) is 0 Å². The number of benzene rings is 1. The van der Waals surface area contributed by atoms with Gasteiger partial charge in [0.25, 0.3) is 11.8 Å². The number of likely N-dealkylation sites (N-methyl/N-ethyl adjacent to an activating group) is 1. The lowest BCUT2D eigenvalue weighted by molar-refractivity contribution is -0.198. The number of aliphatic hydroxyl groups is 1. The monoisotopic (exact) mass is 1610 g/mol. The van der Waals surface area contributed by atoms with Crippen molar-refractivity contribution in [2.24, 2.45) is 5.92 Å². The molecule has 0 spiro atoms. The number of thioether (sulfide) groups is 1. The molecule has 4 aliphatic heterocycles. The van der Waals surface area contributed by atoms with Crippen LogP contribution in [0, 0.1) is 5.92 Å². The van der Waals surface area contributed by atoms with Gasteiger partial charge in [0.2, 0.25) is 29.5 Å². The Bertz CT molecular complexity index is 3070. The number of esters is 1. The minimum atomic E-state index is -1.78. The van der Waals surface area contributed by atoms with Crippen molar-refractivity contribution < 1.29 is 138 Å². The second-order valence-electron chi connectivity index (χ2n) is 26.3. The van der Waals surface area contributed by atoms with Gasteiger partial charge in [0.05, 0.1) is 196 Å². The summed E-state index contributed by atoms with van der Waals surface area (Å²) < 4.78 is 94.8. The van der Waals surface area contributed by atoms with E-state index in [1.807, 2.05) is 19.9 Å². The minimum absolute atomic E-state index is 0.0393. The third-order valence-corrected chi connectivity index (χ3v) is 20.0. The van der Waals surface area contributed by atoms with E-state index < -0.39 is 113 Å². The number of methoxy groups -OCH3 is 2. The Balaban J connectivity index is 0.824. The zero-order valence-corrected chi connectivity index (χ0v) is 66.8. The topological polar surface area (TPSA) is 397 Å². The van der Waals surface area contributed by atoms with Gasteiger partial charge in [-0.05, 0) is 58.7 Å². The molecule has 5 rings (SSSR count). The molecular weight excluding hydrogens is 1490 g/mol. The highest BCUT2D eigenvalue weighted by Gasteiger charge is 2.64. The number of hydrogen-bond acceptors (Lipinski definition) is 30. The first kappa shape index (κ1) is 94.3. The number of likely N-dealkylation sites (tertiary alicyclic amines) is 1. The third-order valence-electron chi connectivity index (χ3n) is 18.4. The summed E-state index contributed by atoms with van der Waals surface area (Å²) in [5.74, 6) is -5.02. The highest BCUT2D eigenvalue weighted by molar-refractivity contribution is 8.00. The Labute approximate surface area is 652 Å². The number of alkyl carbamates (subject to hydrolysis) is 1. The van der Waals surface area contributed by atoms with E-state index in [1.165, 1.54) is 45.0 Å².